The van der Waals surface area contributed by atoms with Crippen LogP contribution in [0.4, 0.5) is 17.1 Å². The number of aromatic amines is 1. The first-order valence-corrected chi connectivity index (χ1v) is 6.72. The first-order valence-electron chi connectivity index (χ1n) is 6.72. The van der Waals surface area contributed by atoms with E-state index in [1.807, 2.05) is 6.07 Å². The summed E-state index contributed by atoms with van der Waals surface area (Å²) < 4.78 is 4.73. The van der Waals surface area contributed by atoms with Crippen LogP contribution in [-0.4, -0.2) is 15.2 Å². The summed E-state index contributed by atoms with van der Waals surface area (Å²) in [5.74, 6) is -0.300. The number of nitro groups is 1. The van der Waals surface area contributed by atoms with Gasteiger partial charge < -0.3 is 9.63 Å². The van der Waals surface area contributed by atoms with E-state index in [1.54, 1.807) is 24.3 Å². The fourth-order valence-electron chi connectivity index (χ4n) is 2.00. The molecule has 0 aliphatic rings. The standard InChI is InChI=1S/C15H10N4O5/c20-12-7-6-10(19(22)23)8-11(12)16-17-14-13(18-24-15(14)21)9-4-2-1-3-5-9/h1-8,18,20H. The summed E-state index contributed by atoms with van der Waals surface area (Å²) in [6, 6.07) is 12.1. The van der Waals surface area contributed by atoms with Crippen LogP contribution >= 0.6 is 0 Å². The summed E-state index contributed by atoms with van der Waals surface area (Å²) in [5.41, 5.74) is -0.278. The van der Waals surface area contributed by atoms with Crippen molar-refractivity contribution in [2.24, 2.45) is 10.2 Å². The molecule has 120 valence electrons. The SMILES string of the molecule is O=c1o[nH]c(-c2ccccc2)c1N=Nc1cc([N+](=O)[O-])ccc1O. The maximum absolute atomic E-state index is 11.8. The topological polar surface area (TPSA) is 134 Å². The second-order valence-electron chi connectivity index (χ2n) is 4.71. The van der Waals surface area contributed by atoms with E-state index in [1.165, 1.54) is 0 Å². The van der Waals surface area contributed by atoms with E-state index < -0.39 is 10.5 Å². The largest absolute Gasteiger partial charge is 0.506 e. The maximum Gasteiger partial charge on any atom is 0.385 e. The predicted molar refractivity (Wildman–Crippen MR) is 83.7 cm³/mol. The van der Waals surface area contributed by atoms with Crippen LogP contribution in [0.3, 0.4) is 0 Å². The number of nitrogens with one attached hydrogen (secondary N) is 1. The second-order valence-corrected chi connectivity index (χ2v) is 4.71. The molecule has 0 spiro atoms. The molecule has 2 aromatic carbocycles. The third kappa shape index (κ3) is 2.90. The van der Waals surface area contributed by atoms with Crippen LogP contribution in [0.1, 0.15) is 0 Å². The summed E-state index contributed by atoms with van der Waals surface area (Å²) >= 11 is 0. The number of aromatic nitrogens is 1. The van der Waals surface area contributed by atoms with Crippen molar-refractivity contribution < 1.29 is 14.6 Å². The first kappa shape index (κ1) is 15.2. The lowest BCUT2D eigenvalue weighted by Crippen LogP contribution is -1.90. The number of phenolic OH excluding ortho intramolecular Hbond substituents is 1. The molecule has 24 heavy (non-hydrogen) atoms. The fraction of sp³-hybridized carbons (Fsp3) is 0. The summed E-state index contributed by atoms with van der Waals surface area (Å²) in [7, 11) is 0. The molecule has 0 aliphatic heterocycles. The van der Waals surface area contributed by atoms with Crippen molar-refractivity contribution in [3.05, 3.63) is 69.1 Å². The maximum atomic E-state index is 11.8. The summed E-state index contributed by atoms with van der Waals surface area (Å²) in [6.07, 6.45) is 0. The van der Waals surface area contributed by atoms with E-state index >= 15 is 0 Å². The number of H-pyrrole nitrogens is 1. The van der Waals surface area contributed by atoms with E-state index in [4.69, 9.17) is 4.52 Å². The number of rotatable bonds is 4. The van der Waals surface area contributed by atoms with E-state index in [0.717, 1.165) is 18.2 Å². The molecule has 0 unspecified atom stereocenters. The number of benzene rings is 2. The van der Waals surface area contributed by atoms with E-state index in [0.29, 0.717) is 11.3 Å². The molecular formula is C15H10N4O5. The highest BCUT2D eigenvalue weighted by Gasteiger charge is 2.15. The molecule has 0 saturated carbocycles. The Balaban J connectivity index is 2.02. The van der Waals surface area contributed by atoms with Gasteiger partial charge in [0.05, 0.1) is 4.92 Å². The molecule has 3 rings (SSSR count). The summed E-state index contributed by atoms with van der Waals surface area (Å²) in [4.78, 5) is 21.9. The van der Waals surface area contributed by atoms with Crippen molar-refractivity contribution in [3.63, 3.8) is 0 Å². The number of non-ortho nitro benzene ring substituents is 1. The molecule has 9 heteroatoms. The van der Waals surface area contributed by atoms with Gasteiger partial charge in [-0.25, -0.2) is 9.95 Å². The monoisotopic (exact) mass is 326 g/mol. The third-order valence-electron chi connectivity index (χ3n) is 3.17. The molecule has 0 atom stereocenters. The molecule has 0 radical (unpaired) electrons. The Kier molecular flexibility index (Phi) is 3.89. The predicted octanol–water partition coefficient (Wildman–Crippen LogP) is 3.66. The highest BCUT2D eigenvalue weighted by atomic mass is 16.6. The van der Waals surface area contributed by atoms with Gasteiger partial charge in [0.25, 0.3) is 5.69 Å². The van der Waals surface area contributed by atoms with Crippen molar-refractivity contribution in [3.8, 4) is 17.0 Å². The van der Waals surface area contributed by atoms with Crippen molar-refractivity contribution in [2.45, 2.75) is 0 Å². The Morgan fingerprint density at radius 2 is 1.88 bits per heavy atom. The molecule has 9 nitrogen and oxygen atoms in total. The van der Waals surface area contributed by atoms with Gasteiger partial charge in [-0.15, -0.1) is 10.2 Å². The van der Waals surface area contributed by atoms with E-state index in [9.17, 15) is 20.0 Å². The van der Waals surface area contributed by atoms with Gasteiger partial charge in [0, 0.05) is 17.7 Å². The van der Waals surface area contributed by atoms with Gasteiger partial charge in [0.2, 0.25) is 0 Å². The van der Waals surface area contributed by atoms with Crippen molar-refractivity contribution in [1.82, 2.24) is 5.16 Å². The highest BCUT2D eigenvalue weighted by molar-refractivity contribution is 5.70. The average Bonchev–Trinajstić information content (AvgIpc) is 2.95. The minimum Gasteiger partial charge on any atom is -0.506 e. The van der Waals surface area contributed by atoms with E-state index in [-0.39, 0.29) is 22.8 Å². The van der Waals surface area contributed by atoms with Crippen LogP contribution in [0.15, 0.2) is 68.1 Å². The normalized spacial score (nSPS) is 11.0. The second kappa shape index (κ2) is 6.16. The molecular weight excluding hydrogens is 316 g/mol. The van der Waals surface area contributed by atoms with Gasteiger partial charge in [0.1, 0.15) is 17.1 Å². The molecule has 2 N–H and O–H groups in total. The zero-order valence-corrected chi connectivity index (χ0v) is 12.0. The van der Waals surface area contributed by atoms with Crippen LogP contribution in [0.5, 0.6) is 5.75 Å². The lowest BCUT2D eigenvalue weighted by atomic mass is 10.1. The molecule has 1 heterocycles. The van der Waals surface area contributed by atoms with Crippen molar-refractivity contribution in [1.29, 1.82) is 0 Å². The first-order chi connectivity index (χ1) is 11.6. The van der Waals surface area contributed by atoms with Gasteiger partial charge in [0.15, 0.2) is 5.69 Å². The number of hydrogen-bond donors (Lipinski definition) is 2. The van der Waals surface area contributed by atoms with Crippen LogP contribution < -0.4 is 5.63 Å². The molecule has 3 aromatic rings. The molecule has 0 aliphatic carbocycles. The zero-order valence-electron chi connectivity index (χ0n) is 12.0. The van der Waals surface area contributed by atoms with Gasteiger partial charge in [-0.05, 0) is 6.07 Å². The molecule has 1 aromatic heterocycles. The van der Waals surface area contributed by atoms with E-state index in [2.05, 4.69) is 15.4 Å². The Hall–Kier alpha value is -3.75. The average molecular weight is 326 g/mol. The molecule has 0 fully saturated rings. The van der Waals surface area contributed by atoms with Crippen molar-refractivity contribution in [2.75, 3.05) is 0 Å². The third-order valence-corrected chi connectivity index (χ3v) is 3.17. The number of hydrogen-bond acceptors (Lipinski definition) is 7. The quantitative estimate of drug-likeness (QED) is 0.428. The summed E-state index contributed by atoms with van der Waals surface area (Å²) in [5, 5.41) is 30.5. The van der Waals surface area contributed by atoms with Crippen LogP contribution in [0.2, 0.25) is 0 Å². The number of nitro benzene ring substituents is 1. The Morgan fingerprint density at radius 3 is 2.58 bits per heavy atom. The fourth-order valence-corrected chi connectivity index (χ4v) is 2.00. The Morgan fingerprint density at radius 1 is 1.12 bits per heavy atom. The lowest BCUT2D eigenvalue weighted by Gasteiger charge is -1.98. The van der Waals surface area contributed by atoms with Gasteiger partial charge >= 0.3 is 5.63 Å². The van der Waals surface area contributed by atoms with Gasteiger partial charge in [-0.3, -0.25) is 10.1 Å². The minimum absolute atomic E-state index is 0.105. The Bertz CT molecular complexity index is 975. The lowest BCUT2D eigenvalue weighted by molar-refractivity contribution is -0.384. The van der Waals surface area contributed by atoms with Gasteiger partial charge in [-0.1, -0.05) is 30.3 Å². The summed E-state index contributed by atoms with van der Waals surface area (Å²) in [6.45, 7) is 0. The highest BCUT2D eigenvalue weighted by Crippen LogP contribution is 2.33. The zero-order chi connectivity index (χ0) is 17.1. The van der Waals surface area contributed by atoms with Crippen molar-refractivity contribution >= 4 is 17.1 Å². The van der Waals surface area contributed by atoms with Crippen LogP contribution in [0.25, 0.3) is 11.3 Å². The Labute approximate surface area is 134 Å². The van der Waals surface area contributed by atoms with Crippen LogP contribution in [0, 0.1) is 10.1 Å². The molecule has 0 amide bonds. The number of nitrogens with zero attached hydrogens (tertiary/aromatic N) is 3. The minimum atomic E-state index is -0.748. The van der Waals surface area contributed by atoms with Gasteiger partial charge in [-0.2, -0.15) is 0 Å². The number of phenols is 1. The van der Waals surface area contributed by atoms with Crippen LogP contribution in [-0.2, 0) is 0 Å². The number of azo groups is 1. The smallest absolute Gasteiger partial charge is 0.385 e. The molecule has 0 bridgehead atoms. The molecule has 0 saturated heterocycles. The number of aromatic hydroxyl groups is 1.